The molecule has 1 aliphatic rings. The number of benzene rings is 2. The van der Waals surface area contributed by atoms with Crippen molar-refractivity contribution in [1.82, 2.24) is 20.5 Å². The minimum Gasteiger partial charge on any atom is -0.506 e. The fourth-order valence-corrected chi connectivity index (χ4v) is 5.65. The highest BCUT2D eigenvalue weighted by atomic mass is 35.5. The van der Waals surface area contributed by atoms with Crippen LogP contribution in [0.25, 0.3) is 10.9 Å². The number of nitrogens with zero attached hydrogens (tertiary/aromatic N) is 1. The van der Waals surface area contributed by atoms with Crippen molar-refractivity contribution >= 4 is 57.8 Å². The van der Waals surface area contributed by atoms with Gasteiger partial charge in [-0.2, -0.15) is 0 Å². The van der Waals surface area contributed by atoms with Crippen LogP contribution in [0, 0.1) is 0 Å². The van der Waals surface area contributed by atoms with Crippen molar-refractivity contribution in [3.63, 3.8) is 0 Å². The second-order valence-corrected chi connectivity index (χ2v) is 11.7. The van der Waals surface area contributed by atoms with Crippen molar-refractivity contribution in [2.24, 2.45) is 0 Å². The third kappa shape index (κ3) is 8.12. The standard InChI is InChI=1S/C32H36Cl2N4O6/c1-18-7-6-14-44-29(41)17-25(20-11-12-27(39)23(33)15-20)37-31(42)26(38(3)32(43)19(2)35-28(40)13-10-18)16-22-21-8-4-5-9-24(21)36-30(22)34/h4-5,7-9,11-12,15,19,25-26,36,39H,6,10,13-14,16-17H2,1-3H3,(H,35,40)(H,37,42)/b18-7+/t19-,25+,26?/m0/s1. The molecule has 0 spiro atoms. The summed E-state index contributed by atoms with van der Waals surface area (Å²) in [5.41, 5.74) is 2.81. The molecule has 0 saturated heterocycles. The summed E-state index contributed by atoms with van der Waals surface area (Å²) >= 11 is 12.8. The lowest BCUT2D eigenvalue weighted by Crippen LogP contribution is -2.54. The molecule has 10 nitrogen and oxygen atoms in total. The van der Waals surface area contributed by atoms with Crippen molar-refractivity contribution in [3.05, 3.63) is 75.4 Å². The van der Waals surface area contributed by atoms with Crippen LogP contribution in [-0.4, -0.2) is 64.4 Å². The average molecular weight is 644 g/mol. The number of nitrogens with one attached hydrogen (secondary N) is 3. The zero-order valence-electron chi connectivity index (χ0n) is 24.8. The minimum absolute atomic E-state index is 0.0368. The molecule has 0 aliphatic carbocycles. The number of carbonyl (C=O) groups excluding carboxylic acids is 4. The second kappa shape index (κ2) is 14.6. The Balaban J connectivity index is 1.73. The van der Waals surface area contributed by atoms with Crippen LogP contribution in [0.4, 0.5) is 0 Å². The summed E-state index contributed by atoms with van der Waals surface area (Å²) in [5.74, 6) is -2.06. The Morgan fingerprint density at radius 2 is 1.80 bits per heavy atom. The van der Waals surface area contributed by atoms with Gasteiger partial charge < -0.3 is 30.4 Å². The third-order valence-corrected chi connectivity index (χ3v) is 8.33. The number of phenolic OH excluding ortho intramolecular Hbond substituents is 1. The van der Waals surface area contributed by atoms with Gasteiger partial charge in [0.15, 0.2) is 0 Å². The van der Waals surface area contributed by atoms with Gasteiger partial charge in [-0.25, -0.2) is 0 Å². The molecule has 234 valence electrons. The van der Waals surface area contributed by atoms with Gasteiger partial charge in [0.1, 0.15) is 23.0 Å². The number of carbonyl (C=O) groups is 4. The summed E-state index contributed by atoms with van der Waals surface area (Å²) in [5, 5.41) is 16.8. The number of H-pyrrole nitrogens is 1. The molecule has 0 radical (unpaired) electrons. The molecular formula is C32H36Cl2N4O6. The molecule has 1 unspecified atom stereocenters. The van der Waals surface area contributed by atoms with Gasteiger partial charge in [-0.3, -0.25) is 19.2 Å². The van der Waals surface area contributed by atoms with Crippen LogP contribution >= 0.6 is 23.2 Å². The first-order valence-corrected chi connectivity index (χ1v) is 15.1. The maximum Gasteiger partial charge on any atom is 0.308 e. The molecule has 1 aromatic heterocycles. The van der Waals surface area contributed by atoms with Gasteiger partial charge in [0.2, 0.25) is 17.7 Å². The number of aromatic amines is 1. The Labute approximate surface area is 265 Å². The van der Waals surface area contributed by atoms with Crippen molar-refractivity contribution in [3.8, 4) is 5.75 Å². The van der Waals surface area contributed by atoms with Crippen molar-refractivity contribution in [2.75, 3.05) is 13.7 Å². The van der Waals surface area contributed by atoms with Crippen LogP contribution in [0.1, 0.15) is 56.7 Å². The first-order valence-electron chi connectivity index (χ1n) is 14.4. The lowest BCUT2D eigenvalue weighted by atomic mass is 9.99. The monoisotopic (exact) mass is 642 g/mol. The number of rotatable bonds is 3. The third-order valence-electron chi connectivity index (χ3n) is 7.71. The smallest absolute Gasteiger partial charge is 0.308 e. The fourth-order valence-electron chi connectivity index (χ4n) is 5.18. The predicted molar refractivity (Wildman–Crippen MR) is 168 cm³/mol. The van der Waals surface area contributed by atoms with E-state index in [2.05, 4.69) is 15.6 Å². The largest absolute Gasteiger partial charge is 0.506 e. The molecule has 0 fully saturated rings. The number of phenols is 1. The number of likely N-dealkylation sites (N-methyl/N-ethyl adjacent to an activating group) is 1. The van der Waals surface area contributed by atoms with Crippen molar-refractivity contribution in [1.29, 1.82) is 0 Å². The maximum absolute atomic E-state index is 14.1. The first-order chi connectivity index (χ1) is 20.9. The molecule has 3 aromatic rings. The number of esters is 1. The van der Waals surface area contributed by atoms with Crippen LogP contribution in [0.3, 0.4) is 0 Å². The number of fused-ring (bicyclic) bond motifs is 1. The van der Waals surface area contributed by atoms with Gasteiger partial charge >= 0.3 is 5.97 Å². The van der Waals surface area contributed by atoms with Gasteiger partial charge in [-0.1, -0.05) is 59.1 Å². The van der Waals surface area contributed by atoms with E-state index in [1.807, 2.05) is 37.3 Å². The van der Waals surface area contributed by atoms with Gasteiger partial charge in [0, 0.05) is 30.8 Å². The maximum atomic E-state index is 14.1. The van der Waals surface area contributed by atoms with Gasteiger partial charge in [0.25, 0.3) is 0 Å². The molecule has 2 aromatic carbocycles. The van der Waals surface area contributed by atoms with E-state index in [1.165, 1.54) is 24.1 Å². The number of para-hydroxylation sites is 1. The molecule has 1 aliphatic heterocycles. The second-order valence-electron chi connectivity index (χ2n) is 11.0. The Hall–Kier alpha value is -4.02. The molecule has 0 saturated carbocycles. The first kappa shape index (κ1) is 32.9. The minimum atomic E-state index is -1.09. The molecule has 44 heavy (non-hydrogen) atoms. The summed E-state index contributed by atoms with van der Waals surface area (Å²) < 4.78 is 5.44. The van der Waals surface area contributed by atoms with E-state index in [1.54, 1.807) is 13.0 Å². The number of aromatic hydroxyl groups is 1. The molecule has 4 rings (SSSR count). The van der Waals surface area contributed by atoms with Crippen molar-refractivity contribution in [2.45, 2.75) is 64.1 Å². The van der Waals surface area contributed by atoms with Crippen LogP contribution < -0.4 is 10.6 Å². The summed E-state index contributed by atoms with van der Waals surface area (Å²) in [4.78, 5) is 57.7. The van der Waals surface area contributed by atoms with E-state index in [9.17, 15) is 24.3 Å². The quantitative estimate of drug-likeness (QED) is 0.235. The zero-order valence-corrected chi connectivity index (χ0v) is 26.3. The number of hydrogen-bond acceptors (Lipinski definition) is 6. The van der Waals surface area contributed by atoms with E-state index < -0.39 is 35.9 Å². The zero-order chi connectivity index (χ0) is 32.0. The molecule has 3 amide bonds. The van der Waals surface area contributed by atoms with E-state index in [4.69, 9.17) is 27.9 Å². The summed E-state index contributed by atoms with van der Waals surface area (Å²) in [7, 11) is 1.49. The van der Waals surface area contributed by atoms with Crippen LogP contribution in [-0.2, 0) is 30.3 Å². The van der Waals surface area contributed by atoms with Crippen LogP contribution in [0.15, 0.2) is 54.1 Å². The predicted octanol–water partition coefficient (Wildman–Crippen LogP) is 4.98. The number of ether oxygens (including phenoxy) is 1. The Morgan fingerprint density at radius 1 is 1.05 bits per heavy atom. The van der Waals surface area contributed by atoms with Gasteiger partial charge in [-0.15, -0.1) is 0 Å². The summed E-state index contributed by atoms with van der Waals surface area (Å²) in [6.07, 6.45) is 2.81. The van der Waals surface area contributed by atoms with Gasteiger partial charge in [-0.05, 0) is 56.0 Å². The molecular weight excluding hydrogens is 607 g/mol. The van der Waals surface area contributed by atoms with Gasteiger partial charge in [0.05, 0.1) is 24.1 Å². The molecule has 3 atom stereocenters. The number of aromatic nitrogens is 1. The molecule has 12 heteroatoms. The van der Waals surface area contributed by atoms with Crippen molar-refractivity contribution < 1.29 is 29.0 Å². The highest BCUT2D eigenvalue weighted by Crippen LogP contribution is 2.30. The van der Waals surface area contributed by atoms with E-state index in [-0.39, 0.29) is 42.5 Å². The lowest BCUT2D eigenvalue weighted by Gasteiger charge is -2.31. The fraction of sp³-hybridized carbons (Fsp3) is 0.375. The number of allylic oxidation sites excluding steroid dienone is 1. The molecule has 0 bridgehead atoms. The number of hydrogen-bond donors (Lipinski definition) is 4. The Bertz CT molecular complexity index is 1590. The highest BCUT2D eigenvalue weighted by molar-refractivity contribution is 6.32. The summed E-state index contributed by atoms with van der Waals surface area (Å²) in [6.45, 7) is 3.58. The molecule has 4 N–H and O–H groups in total. The number of halogens is 2. The molecule has 2 heterocycles. The van der Waals surface area contributed by atoms with E-state index >= 15 is 0 Å². The Morgan fingerprint density at radius 3 is 2.55 bits per heavy atom. The normalized spacial score (nSPS) is 22.8. The lowest BCUT2D eigenvalue weighted by molar-refractivity contribution is -0.145. The SMILES string of the molecule is C/C1=C\CCOC(=O)C[C@H](c2ccc(O)c(Cl)c2)NC(=O)C(Cc2c(Cl)[nH]c3ccccc23)N(C)C(=O)[C@H](C)NC(=O)CC1. The Kier molecular flexibility index (Phi) is 10.9. The average Bonchev–Trinajstić information content (AvgIpc) is 3.31. The van der Waals surface area contributed by atoms with Crippen LogP contribution in [0.5, 0.6) is 5.75 Å². The highest BCUT2D eigenvalue weighted by Gasteiger charge is 2.34. The topological polar surface area (TPSA) is 141 Å². The number of cyclic esters (lactones) is 1. The summed E-state index contributed by atoms with van der Waals surface area (Å²) in [6, 6.07) is 8.91. The van der Waals surface area contributed by atoms with E-state index in [0.29, 0.717) is 29.1 Å². The van der Waals surface area contributed by atoms with E-state index in [0.717, 1.165) is 16.5 Å². The van der Waals surface area contributed by atoms with Crippen LogP contribution in [0.2, 0.25) is 10.2 Å². The number of amides is 3.